The fraction of sp³-hybridized carbons (Fsp3) is 0.583. The third-order valence-corrected chi connectivity index (χ3v) is 1.55. The van der Waals surface area contributed by atoms with Crippen molar-refractivity contribution in [1.29, 1.82) is 0 Å². The van der Waals surface area contributed by atoms with Gasteiger partial charge in [0.15, 0.2) is 0 Å². The molecule has 0 fully saturated rings. The van der Waals surface area contributed by atoms with Crippen molar-refractivity contribution in [3.8, 4) is 0 Å². The van der Waals surface area contributed by atoms with Gasteiger partial charge in [0.05, 0.1) is 0 Å². The molecule has 14 heavy (non-hydrogen) atoms. The van der Waals surface area contributed by atoms with E-state index < -0.39 is 0 Å². The van der Waals surface area contributed by atoms with Gasteiger partial charge in [-0.15, -0.1) is 0 Å². The van der Waals surface area contributed by atoms with Crippen LogP contribution in [0.2, 0.25) is 0 Å². The van der Waals surface area contributed by atoms with Gasteiger partial charge in [0.2, 0.25) is 0 Å². The minimum Gasteiger partial charge on any atom is -0.388 e. The van der Waals surface area contributed by atoms with Gasteiger partial charge in [0, 0.05) is 26.6 Å². The third-order valence-electron chi connectivity index (χ3n) is 1.55. The van der Waals surface area contributed by atoms with Crippen LogP contribution >= 0.6 is 0 Å². The van der Waals surface area contributed by atoms with Crippen LogP contribution < -0.4 is 5.32 Å². The van der Waals surface area contributed by atoms with E-state index in [4.69, 9.17) is 0 Å². The van der Waals surface area contributed by atoms with Crippen molar-refractivity contribution in [2.24, 2.45) is 0 Å². The second-order valence-corrected chi connectivity index (χ2v) is 2.14. The van der Waals surface area contributed by atoms with E-state index in [2.05, 4.69) is 17.2 Å². The van der Waals surface area contributed by atoms with E-state index in [9.17, 15) is 0 Å². The molecule has 1 rings (SSSR count). The fourth-order valence-electron chi connectivity index (χ4n) is 0.953. The largest absolute Gasteiger partial charge is 0.388 e. The summed E-state index contributed by atoms with van der Waals surface area (Å²) < 4.78 is 0. The van der Waals surface area contributed by atoms with Crippen molar-refractivity contribution in [3.05, 3.63) is 24.0 Å². The zero-order valence-electron chi connectivity index (χ0n) is 10.4. The molecular formula is C12H26N2. The molecule has 0 amide bonds. The number of aromatic nitrogens is 1. The Kier molecular flexibility index (Phi) is 13.2. The highest BCUT2D eigenvalue weighted by atomic mass is 14.8. The normalized spacial score (nSPS) is 7.57. The number of aryl methyl sites for hydroxylation is 1. The molecule has 2 heteroatoms. The molecule has 0 aromatic carbocycles. The molecule has 2 nitrogen and oxygen atoms in total. The zero-order chi connectivity index (χ0) is 11.4. The summed E-state index contributed by atoms with van der Waals surface area (Å²) in [5.74, 6) is 0. The van der Waals surface area contributed by atoms with Crippen LogP contribution in [0.5, 0.6) is 0 Å². The first kappa shape index (κ1) is 15.4. The van der Waals surface area contributed by atoms with Crippen molar-refractivity contribution in [2.75, 3.05) is 12.4 Å². The van der Waals surface area contributed by atoms with E-state index in [1.807, 2.05) is 47.0 Å². The minimum atomic E-state index is 0. The number of anilines is 1. The molecule has 0 spiro atoms. The summed E-state index contributed by atoms with van der Waals surface area (Å²) in [6.45, 7) is 10.1. The standard InChI is InChI=1S/C8H12N2.2C2H6.H2/c1-3-7-6-10-5-4-8(7)9-2;2*1-2;/h4-6H,3H2,1-2H3,(H,9,10);2*1-2H3;1H. The van der Waals surface area contributed by atoms with Gasteiger partial charge in [-0.1, -0.05) is 34.6 Å². The first-order valence-electron chi connectivity index (χ1n) is 5.49. The van der Waals surface area contributed by atoms with E-state index in [0.29, 0.717) is 0 Å². The Hall–Kier alpha value is -1.05. The maximum absolute atomic E-state index is 4.02. The molecule has 0 aliphatic heterocycles. The van der Waals surface area contributed by atoms with Crippen molar-refractivity contribution in [2.45, 2.75) is 41.0 Å². The number of hydrogen-bond donors (Lipinski definition) is 1. The average Bonchev–Trinajstić information content (AvgIpc) is 2.34. The van der Waals surface area contributed by atoms with E-state index in [1.54, 1.807) is 6.20 Å². The Morgan fingerprint density at radius 3 is 2.21 bits per heavy atom. The van der Waals surface area contributed by atoms with Crippen LogP contribution in [0.1, 0.15) is 41.6 Å². The Balaban J connectivity index is -0.000000258. The summed E-state index contributed by atoms with van der Waals surface area (Å²) >= 11 is 0. The maximum atomic E-state index is 4.02. The lowest BCUT2D eigenvalue weighted by Crippen LogP contribution is -1.93. The van der Waals surface area contributed by atoms with Gasteiger partial charge in [0.1, 0.15) is 0 Å². The Morgan fingerprint density at radius 1 is 1.29 bits per heavy atom. The van der Waals surface area contributed by atoms with Crippen molar-refractivity contribution in [1.82, 2.24) is 4.98 Å². The van der Waals surface area contributed by atoms with Crippen LogP contribution in [0.3, 0.4) is 0 Å². The third kappa shape index (κ3) is 5.57. The van der Waals surface area contributed by atoms with Crippen LogP contribution in [-0.4, -0.2) is 12.0 Å². The molecule has 0 atom stereocenters. The molecule has 0 radical (unpaired) electrons. The molecule has 1 aromatic heterocycles. The molecule has 0 unspecified atom stereocenters. The maximum Gasteiger partial charge on any atom is 0.0400 e. The topological polar surface area (TPSA) is 24.9 Å². The molecule has 0 aliphatic carbocycles. The van der Waals surface area contributed by atoms with Gasteiger partial charge in [-0.2, -0.15) is 0 Å². The van der Waals surface area contributed by atoms with Gasteiger partial charge in [-0.25, -0.2) is 0 Å². The van der Waals surface area contributed by atoms with Crippen LogP contribution in [0.4, 0.5) is 5.69 Å². The quantitative estimate of drug-likeness (QED) is 0.777. The molecule has 1 N–H and O–H groups in total. The summed E-state index contributed by atoms with van der Waals surface area (Å²) in [7, 11) is 1.93. The van der Waals surface area contributed by atoms with E-state index >= 15 is 0 Å². The monoisotopic (exact) mass is 198 g/mol. The minimum absolute atomic E-state index is 0. The predicted octanol–water partition coefficient (Wildman–Crippen LogP) is 3.98. The second kappa shape index (κ2) is 11.9. The van der Waals surface area contributed by atoms with Crippen LogP contribution in [0.25, 0.3) is 0 Å². The van der Waals surface area contributed by atoms with E-state index in [0.717, 1.165) is 6.42 Å². The number of nitrogens with one attached hydrogen (secondary N) is 1. The lowest BCUT2D eigenvalue weighted by molar-refractivity contribution is 1.10. The van der Waals surface area contributed by atoms with Gasteiger partial charge in [-0.3, -0.25) is 4.98 Å². The molecule has 0 saturated heterocycles. The van der Waals surface area contributed by atoms with E-state index in [-0.39, 0.29) is 1.43 Å². The lowest BCUT2D eigenvalue weighted by atomic mass is 10.2. The summed E-state index contributed by atoms with van der Waals surface area (Å²) in [4.78, 5) is 4.02. The van der Waals surface area contributed by atoms with Crippen LogP contribution in [0.15, 0.2) is 18.5 Å². The highest BCUT2D eigenvalue weighted by Gasteiger charge is 1.94. The first-order chi connectivity index (χ1) is 6.88. The van der Waals surface area contributed by atoms with Gasteiger partial charge >= 0.3 is 0 Å². The van der Waals surface area contributed by atoms with E-state index in [1.165, 1.54) is 11.3 Å². The van der Waals surface area contributed by atoms with Crippen molar-refractivity contribution in [3.63, 3.8) is 0 Å². The molecular weight excluding hydrogens is 172 g/mol. The van der Waals surface area contributed by atoms with Gasteiger partial charge < -0.3 is 5.32 Å². The lowest BCUT2D eigenvalue weighted by Gasteiger charge is -2.03. The summed E-state index contributed by atoms with van der Waals surface area (Å²) in [6, 6.07) is 1.98. The average molecular weight is 198 g/mol. The zero-order valence-corrected chi connectivity index (χ0v) is 10.4. The molecule has 0 bridgehead atoms. The fourth-order valence-corrected chi connectivity index (χ4v) is 0.953. The Bertz CT molecular complexity index is 192. The predicted molar refractivity (Wildman–Crippen MR) is 68.0 cm³/mol. The van der Waals surface area contributed by atoms with Gasteiger partial charge in [0.25, 0.3) is 0 Å². The number of hydrogen-bond acceptors (Lipinski definition) is 2. The Labute approximate surface area is 90.3 Å². The molecule has 84 valence electrons. The smallest absolute Gasteiger partial charge is 0.0400 e. The highest BCUT2D eigenvalue weighted by molar-refractivity contribution is 5.48. The molecule has 1 heterocycles. The van der Waals surface area contributed by atoms with Crippen LogP contribution in [0, 0.1) is 0 Å². The molecule has 1 aromatic rings. The SMILES string of the molecule is CC.CC.CCc1cnccc1NC.[HH]. The Morgan fingerprint density at radius 2 is 1.86 bits per heavy atom. The summed E-state index contributed by atoms with van der Waals surface area (Å²) in [5.41, 5.74) is 2.45. The highest BCUT2D eigenvalue weighted by Crippen LogP contribution is 2.11. The van der Waals surface area contributed by atoms with Crippen molar-refractivity contribution < 1.29 is 1.43 Å². The number of nitrogens with zero attached hydrogens (tertiary/aromatic N) is 1. The molecule has 0 saturated carbocycles. The second-order valence-electron chi connectivity index (χ2n) is 2.14. The van der Waals surface area contributed by atoms with Crippen LogP contribution in [-0.2, 0) is 6.42 Å². The number of rotatable bonds is 2. The van der Waals surface area contributed by atoms with Crippen molar-refractivity contribution >= 4 is 5.69 Å². The summed E-state index contributed by atoms with van der Waals surface area (Å²) in [6.07, 6.45) is 4.72. The number of pyridine rings is 1. The molecule has 0 aliphatic rings. The first-order valence-corrected chi connectivity index (χ1v) is 5.49. The summed E-state index contributed by atoms with van der Waals surface area (Å²) in [5, 5.41) is 3.11. The van der Waals surface area contributed by atoms with Gasteiger partial charge in [-0.05, 0) is 18.1 Å².